The molecule has 0 spiro atoms. The summed E-state index contributed by atoms with van der Waals surface area (Å²) in [5.41, 5.74) is 0.197. The maximum absolute atomic E-state index is 10.1. The van der Waals surface area contributed by atoms with Gasteiger partial charge in [0, 0.05) is 12.6 Å². The molecule has 1 rings (SSSR count). The Kier molecular flexibility index (Phi) is 8.61. The molecule has 0 atom stereocenters. The van der Waals surface area contributed by atoms with Gasteiger partial charge in [-0.1, -0.05) is 38.3 Å². The molecular weight excluding hydrogens is 304 g/mol. The van der Waals surface area contributed by atoms with Gasteiger partial charge >= 0.3 is 6.08 Å². The molecular formula is C19H33N2O3+. The number of unbranched alkanes of at least 4 members (excludes halogenated alkanes) is 3. The summed E-state index contributed by atoms with van der Waals surface area (Å²) in [6.07, 6.45) is 4.42. The summed E-state index contributed by atoms with van der Waals surface area (Å²) < 4.78 is 11.5. The van der Waals surface area contributed by atoms with Crippen molar-refractivity contribution in [2.45, 2.75) is 52.1 Å². The van der Waals surface area contributed by atoms with E-state index >= 15 is 0 Å². The third-order valence-electron chi connectivity index (χ3n) is 3.45. The molecule has 0 heterocycles. The van der Waals surface area contributed by atoms with Crippen molar-refractivity contribution in [2.24, 2.45) is 0 Å². The average Bonchev–Trinajstić information content (AvgIpc) is 2.46. The largest absolute Gasteiger partial charge is 0.551 e. The van der Waals surface area contributed by atoms with E-state index in [1.54, 1.807) is 0 Å². The van der Waals surface area contributed by atoms with Gasteiger partial charge in [-0.05, 0) is 40.4 Å². The Morgan fingerprint density at radius 1 is 1.17 bits per heavy atom. The molecule has 0 saturated carbocycles. The number of hydrogen-bond donors (Lipinski definition) is 2. The van der Waals surface area contributed by atoms with Crippen molar-refractivity contribution < 1.29 is 19.6 Å². The lowest BCUT2D eigenvalue weighted by molar-refractivity contribution is -0.387. The molecule has 2 N–H and O–H groups in total. The number of ether oxygens (including phenoxy) is 2. The molecule has 0 aromatic heterocycles. The SMILES string of the molecule is CCCCCCOc1ccccc1[NH+]=C(O)OC(C)(C)CN(C)C. The van der Waals surface area contributed by atoms with Crippen LogP contribution in [0.1, 0.15) is 46.5 Å². The molecule has 1 aromatic carbocycles. The van der Waals surface area contributed by atoms with Gasteiger partial charge in [-0.3, -0.25) is 0 Å². The van der Waals surface area contributed by atoms with Gasteiger partial charge in [0.1, 0.15) is 5.60 Å². The van der Waals surface area contributed by atoms with E-state index in [9.17, 15) is 5.11 Å². The Bertz CT molecular complexity index is 513. The number of para-hydroxylation sites is 2. The molecule has 5 nitrogen and oxygen atoms in total. The van der Waals surface area contributed by atoms with Crippen LogP contribution in [0.15, 0.2) is 24.3 Å². The standard InChI is InChI=1S/C19H32N2O3/c1-6-7-8-11-14-23-17-13-10-9-12-16(17)20-18(22)24-19(2,3)15-21(4)5/h9-10,12-13H,6-8,11,14-15H2,1-5H3,(H,20,22)/p+1. The van der Waals surface area contributed by atoms with Gasteiger partial charge in [0.2, 0.25) is 0 Å². The summed E-state index contributed by atoms with van der Waals surface area (Å²) in [4.78, 5) is 4.91. The summed E-state index contributed by atoms with van der Waals surface area (Å²) in [6.45, 7) is 7.42. The molecule has 0 radical (unpaired) electrons. The van der Waals surface area contributed by atoms with Crippen LogP contribution in [-0.4, -0.2) is 48.9 Å². The molecule has 24 heavy (non-hydrogen) atoms. The van der Waals surface area contributed by atoms with E-state index in [4.69, 9.17) is 9.47 Å². The third kappa shape index (κ3) is 8.20. The van der Waals surface area contributed by atoms with Gasteiger partial charge in [-0.15, -0.1) is 4.99 Å². The number of aliphatic hydroxyl groups is 1. The summed E-state index contributed by atoms with van der Waals surface area (Å²) in [7, 11) is 3.94. The van der Waals surface area contributed by atoms with E-state index in [0.717, 1.165) is 12.2 Å². The lowest BCUT2D eigenvalue weighted by atomic mass is 10.1. The number of hydrogen-bond acceptors (Lipinski definition) is 3. The van der Waals surface area contributed by atoms with E-state index < -0.39 is 5.60 Å². The van der Waals surface area contributed by atoms with Crippen LogP contribution in [0.5, 0.6) is 5.75 Å². The van der Waals surface area contributed by atoms with Crippen molar-refractivity contribution in [3.8, 4) is 5.75 Å². The zero-order valence-electron chi connectivity index (χ0n) is 15.8. The van der Waals surface area contributed by atoms with E-state index in [1.165, 1.54) is 19.3 Å². The quantitative estimate of drug-likeness (QED) is 0.391. The van der Waals surface area contributed by atoms with Crippen LogP contribution in [0.25, 0.3) is 0 Å². The maximum atomic E-state index is 10.1. The fourth-order valence-corrected chi connectivity index (χ4v) is 2.60. The zero-order chi connectivity index (χ0) is 18.0. The van der Waals surface area contributed by atoms with Gasteiger partial charge < -0.3 is 19.5 Å². The molecule has 0 unspecified atom stereocenters. The molecule has 0 amide bonds. The number of nitrogens with one attached hydrogen (secondary N) is 1. The van der Waals surface area contributed by atoms with Crippen molar-refractivity contribution in [3.05, 3.63) is 24.3 Å². The second-order valence-corrected chi connectivity index (χ2v) is 6.93. The molecule has 0 saturated heterocycles. The van der Waals surface area contributed by atoms with Crippen LogP contribution in [0, 0.1) is 0 Å². The van der Waals surface area contributed by atoms with Crippen LogP contribution >= 0.6 is 0 Å². The predicted molar refractivity (Wildman–Crippen MR) is 98.1 cm³/mol. The molecule has 1 aromatic rings. The van der Waals surface area contributed by atoms with E-state index in [2.05, 4.69) is 11.9 Å². The van der Waals surface area contributed by atoms with Crippen LogP contribution in [0.4, 0.5) is 5.69 Å². The molecule has 0 fully saturated rings. The van der Waals surface area contributed by atoms with Gasteiger partial charge in [0.25, 0.3) is 5.69 Å². The van der Waals surface area contributed by atoms with Crippen molar-refractivity contribution in [1.29, 1.82) is 0 Å². The van der Waals surface area contributed by atoms with E-state index in [1.807, 2.05) is 57.1 Å². The molecule has 136 valence electrons. The molecule has 0 aliphatic rings. The van der Waals surface area contributed by atoms with Gasteiger partial charge in [0.15, 0.2) is 5.75 Å². The highest BCUT2D eigenvalue weighted by Crippen LogP contribution is 2.19. The minimum absolute atomic E-state index is 0.219. The van der Waals surface area contributed by atoms with Crippen molar-refractivity contribution >= 4 is 11.8 Å². The summed E-state index contributed by atoms with van der Waals surface area (Å²) >= 11 is 0. The lowest BCUT2D eigenvalue weighted by Crippen LogP contribution is -2.68. The van der Waals surface area contributed by atoms with E-state index in [-0.39, 0.29) is 6.08 Å². The van der Waals surface area contributed by atoms with Crippen LogP contribution < -0.4 is 9.73 Å². The lowest BCUT2D eigenvalue weighted by Gasteiger charge is -2.26. The highest BCUT2D eigenvalue weighted by atomic mass is 16.6. The third-order valence-corrected chi connectivity index (χ3v) is 3.45. The van der Waals surface area contributed by atoms with Gasteiger partial charge in [-0.2, -0.15) is 0 Å². The minimum Gasteiger partial charge on any atom is -0.487 e. The molecule has 0 aliphatic heterocycles. The van der Waals surface area contributed by atoms with Crippen molar-refractivity contribution in [3.63, 3.8) is 0 Å². The van der Waals surface area contributed by atoms with Crippen LogP contribution in [-0.2, 0) is 4.74 Å². The van der Waals surface area contributed by atoms with Crippen LogP contribution in [0.3, 0.4) is 0 Å². The Balaban J connectivity index is 2.68. The first-order valence-corrected chi connectivity index (χ1v) is 8.72. The monoisotopic (exact) mass is 337 g/mol. The first-order chi connectivity index (χ1) is 11.3. The maximum Gasteiger partial charge on any atom is 0.551 e. The normalized spacial score (nSPS) is 12.5. The molecule has 0 bridgehead atoms. The Morgan fingerprint density at radius 2 is 1.88 bits per heavy atom. The number of rotatable bonds is 10. The second-order valence-electron chi connectivity index (χ2n) is 6.93. The predicted octanol–water partition coefficient (Wildman–Crippen LogP) is 2.63. The number of aliphatic hydroxyl groups excluding tert-OH is 1. The summed E-state index contributed by atoms with van der Waals surface area (Å²) in [5, 5.41) is 10.1. The molecule has 0 aliphatic carbocycles. The first-order valence-electron chi connectivity index (χ1n) is 8.72. The zero-order valence-corrected chi connectivity index (χ0v) is 15.8. The highest BCUT2D eigenvalue weighted by Gasteiger charge is 2.25. The summed E-state index contributed by atoms with van der Waals surface area (Å²) in [6, 6.07) is 7.56. The van der Waals surface area contributed by atoms with Gasteiger partial charge in [0.05, 0.1) is 6.61 Å². The van der Waals surface area contributed by atoms with Crippen molar-refractivity contribution in [2.75, 3.05) is 27.2 Å². The number of likely N-dealkylation sites (N-methyl/N-ethyl adjacent to an activating group) is 1. The van der Waals surface area contributed by atoms with Crippen LogP contribution in [0.2, 0.25) is 0 Å². The number of benzene rings is 1. The first kappa shape index (κ1) is 20.3. The Hall–Kier alpha value is -1.75. The Labute approximate surface area is 146 Å². The topological polar surface area (TPSA) is 55.9 Å². The average molecular weight is 337 g/mol. The Morgan fingerprint density at radius 3 is 2.54 bits per heavy atom. The smallest absolute Gasteiger partial charge is 0.487 e. The highest BCUT2D eigenvalue weighted by molar-refractivity contribution is 5.60. The van der Waals surface area contributed by atoms with E-state index in [0.29, 0.717) is 18.8 Å². The molecule has 5 heteroatoms. The fourth-order valence-electron chi connectivity index (χ4n) is 2.60. The van der Waals surface area contributed by atoms with Gasteiger partial charge in [-0.25, -0.2) is 0 Å². The van der Waals surface area contributed by atoms with Crippen molar-refractivity contribution in [1.82, 2.24) is 4.90 Å². The second kappa shape index (κ2) is 10.2. The minimum atomic E-state index is -0.503. The fraction of sp³-hybridized carbons (Fsp3) is 0.632. The summed E-state index contributed by atoms with van der Waals surface area (Å²) in [5.74, 6) is 0.717. The number of nitrogens with zero attached hydrogens (tertiary/aromatic N) is 1.